The summed E-state index contributed by atoms with van der Waals surface area (Å²) in [6.45, 7) is 1.76. The summed E-state index contributed by atoms with van der Waals surface area (Å²) < 4.78 is 38.7. The lowest BCUT2D eigenvalue weighted by molar-refractivity contribution is 0.392. The molecule has 0 N–H and O–H groups in total. The van der Waals surface area contributed by atoms with E-state index in [1.807, 2.05) is 0 Å². The molecule has 0 atom stereocenters. The zero-order chi connectivity index (χ0) is 12.5. The average molecular weight is 257 g/mol. The fraction of sp³-hybridized carbons (Fsp3) is 0.500. The molecule has 0 amide bonds. The average Bonchev–Trinajstić information content (AvgIpc) is 3.12. The summed E-state index contributed by atoms with van der Waals surface area (Å²) in [7, 11) is -3.25. The van der Waals surface area contributed by atoms with Gasteiger partial charge in [0.2, 0.25) is 10.0 Å². The van der Waals surface area contributed by atoms with E-state index >= 15 is 0 Å². The van der Waals surface area contributed by atoms with Gasteiger partial charge in [-0.1, -0.05) is 18.2 Å². The molecule has 0 radical (unpaired) electrons. The van der Waals surface area contributed by atoms with Crippen molar-refractivity contribution in [2.45, 2.75) is 32.4 Å². The molecular weight excluding hydrogens is 241 g/mol. The van der Waals surface area contributed by atoms with Gasteiger partial charge in [0, 0.05) is 18.2 Å². The van der Waals surface area contributed by atoms with Crippen molar-refractivity contribution in [3.05, 3.63) is 35.6 Å². The van der Waals surface area contributed by atoms with Crippen LogP contribution in [0.4, 0.5) is 4.39 Å². The second-order valence-electron chi connectivity index (χ2n) is 4.27. The van der Waals surface area contributed by atoms with Crippen molar-refractivity contribution in [1.82, 2.24) is 4.31 Å². The highest BCUT2D eigenvalue weighted by molar-refractivity contribution is 7.89. The molecule has 0 heterocycles. The minimum atomic E-state index is -3.25. The fourth-order valence-electron chi connectivity index (χ4n) is 1.78. The molecule has 3 nitrogen and oxygen atoms in total. The zero-order valence-corrected chi connectivity index (χ0v) is 10.6. The van der Waals surface area contributed by atoms with Crippen LogP contribution in [0.1, 0.15) is 25.3 Å². The van der Waals surface area contributed by atoms with E-state index in [0.717, 1.165) is 12.8 Å². The molecule has 1 aliphatic carbocycles. The lowest BCUT2D eigenvalue weighted by atomic mass is 10.2. The topological polar surface area (TPSA) is 37.4 Å². The molecule has 0 aromatic heterocycles. The van der Waals surface area contributed by atoms with Gasteiger partial charge in [-0.05, 0) is 25.8 Å². The van der Waals surface area contributed by atoms with E-state index in [0.29, 0.717) is 5.56 Å². The van der Waals surface area contributed by atoms with Gasteiger partial charge in [-0.15, -0.1) is 0 Å². The lowest BCUT2D eigenvalue weighted by Gasteiger charge is -2.21. The van der Waals surface area contributed by atoms with E-state index in [9.17, 15) is 12.8 Å². The Hall–Kier alpha value is -0.940. The molecule has 1 aliphatic rings. The molecule has 1 aromatic rings. The van der Waals surface area contributed by atoms with Crippen molar-refractivity contribution in [2.24, 2.45) is 0 Å². The Morgan fingerprint density at radius 1 is 1.35 bits per heavy atom. The number of hydrogen-bond donors (Lipinski definition) is 0. The van der Waals surface area contributed by atoms with Crippen LogP contribution in [-0.2, 0) is 16.6 Å². The summed E-state index contributed by atoms with van der Waals surface area (Å²) in [5.41, 5.74) is 0.441. The number of hydrogen-bond acceptors (Lipinski definition) is 2. The van der Waals surface area contributed by atoms with Crippen molar-refractivity contribution in [1.29, 1.82) is 0 Å². The number of rotatable bonds is 5. The third-order valence-electron chi connectivity index (χ3n) is 2.96. The lowest BCUT2D eigenvalue weighted by Crippen LogP contribution is -2.34. The molecule has 1 fully saturated rings. The quantitative estimate of drug-likeness (QED) is 0.810. The Balaban J connectivity index is 2.22. The summed E-state index contributed by atoms with van der Waals surface area (Å²) in [6, 6.07) is 6.39. The van der Waals surface area contributed by atoms with Gasteiger partial charge in [0.25, 0.3) is 0 Å². The Kier molecular flexibility index (Phi) is 3.49. The number of benzene rings is 1. The van der Waals surface area contributed by atoms with Gasteiger partial charge >= 0.3 is 0 Å². The predicted octanol–water partition coefficient (Wildman–Crippen LogP) is 2.14. The fourth-order valence-corrected chi connectivity index (χ4v) is 3.11. The molecule has 0 aliphatic heterocycles. The normalized spacial score (nSPS) is 16.4. The standard InChI is InChI=1S/C12H16FNO2S/c1-2-17(15,16)14(11-7-8-11)9-10-5-3-4-6-12(10)13/h3-6,11H,2,7-9H2,1H3. The van der Waals surface area contributed by atoms with Gasteiger partial charge in [-0.25, -0.2) is 12.8 Å². The number of nitrogens with zero attached hydrogens (tertiary/aromatic N) is 1. The summed E-state index contributed by atoms with van der Waals surface area (Å²) in [4.78, 5) is 0. The Morgan fingerprint density at radius 2 is 2.00 bits per heavy atom. The van der Waals surface area contributed by atoms with Crippen LogP contribution in [-0.4, -0.2) is 24.5 Å². The van der Waals surface area contributed by atoms with E-state index in [1.54, 1.807) is 25.1 Å². The largest absolute Gasteiger partial charge is 0.214 e. The highest BCUT2D eigenvalue weighted by atomic mass is 32.2. The summed E-state index contributed by atoms with van der Waals surface area (Å²) in [5, 5.41) is 0. The van der Waals surface area contributed by atoms with Crippen LogP contribution in [0, 0.1) is 5.82 Å². The zero-order valence-electron chi connectivity index (χ0n) is 9.77. The maximum Gasteiger partial charge on any atom is 0.214 e. The third kappa shape index (κ3) is 2.84. The van der Waals surface area contributed by atoms with Crippen molar-refractivity contribution < 1.29 is 12.8 Å². The molecule has 0 bridgehead atoms. The maximum absolute atomic E-state index is 13.5. The first-order valence-corrected chi connectivity index (χ1v) is 7.38. The predicted molar refractivity (Wildman–Crippen MR) is 64.4 cm³/mol. The van der Waals surface area contributed by atoms with Crippen molar-refractivity contribution in [3.8, 4) is 0 Å². The Morgan fingerprint density at radius 3 is 2.53 bits per heavy atom. The van der Waals surface area contributed by atoms with E-state index < -0.39 is 10.0 Å². The molecule has 0 unspecified atom stereocenters. The molecule has 1 saturated carbocycles. The summed E-state index contributed by atoms with van der Waals surface area (Å²) in [6.07, 6.45) is 1.77. The van der Waals surface area contributed by atoms with Gasteiger partial charge in [0.15, 0.2) is 0 Å². The first-order chi connectivity index (χ1) is 8.04. The second kappa shape index (κ2) is 4.74. The molecule has 17 heavy (non-hydrogen) atoms. The van der Waals surface area contributed by atoms with E-state index in [2.05, 4.69) is 0 Å². The van der Waals surface area contributed by atoms with Gasteiger partial charge in [0.05, 0.1) is 5.75 Å². The van der Waals surface area contributed by atoms with Crippen LogP contribution < -0.4 is 0 Å². The van der Waals surface area contributed by atoms with E-state index in [-0.39, 0.29) is 24.2 Å². The van der Waals surface area contributed by atoms with Crippen LogP contribution in [0.2, 0.25) is 0 Å². The van der Waals surface area contributed by atoms with Crippen molar-refractivity contribution in [3.63, 3.8) is 0 Å². The van der Waals surface area contributed by atoms with Crippen LogP contribution in [0.25, 0.3) is 0 Å². The maximum atomic E-state index is 13.5. The number of sulfonamides is 1. The minimum absolute atomic E-state index is 0.0674. The van der Waals surface area contributed by atoms with Crippen LogP contribution in [0.3, 0.4) is 0 Å². The number of halogens is 1. The molecule has 0 saturated heterocycles. The summed E-state index contributed by atoms with van der Waals surface area (Å²) in [5.74, 6) is -0.276. The highest BCUT2D eigenvalue weighted by Gasteiger charge is 2.36. The van der Waals surface area contributed by atoms with Gasteiger partial charge in [-0.2, -0.15) is 4.31 Å². The smallest absolute Gasteiger partial charge is 0.212 e. The molecule has 0 spiro atoms. The Labute approximate surface area is 101 Å². The van der Waals surface area contributed by atoms with Crippen LogP contribution in [0.5, 0.6) is 0 Å². The molecule has 5 heteroatoms. The molecule has 1 aromatic carbocycles. The third-order valence-corrected chi connectivity index (χ3v) is 4.83. The second-order valence-corrected chi connectivity index (χ2v) is 6.48. The first kappa shape index (κ1) is 12.5. The highest BCUT2D eigenvalue weighted by Crippen LogP contribution is 2.31. The minimum Gasteiger partial charge on any atom is -0.212 e. The molecular formula is C12H16FNO2S. The first-order valence-electron chi connectivity index (χ1n) is 5.77. The van der Waals surface area contributed by atoms with E-state index in [1.165, 1.54) is 10.4 Å². The van der Waals surface area contributed by atoms with E-state index in [4.69, 9.17) is 0 Å². The van der Waals surface area contributed by atoms with Gasteiger partial charge in [-0.3, -0.25) is 0 Å². The monoisotopic (exact) mass is 257 g/mol. The van der Waals surface area contributed by atoms with Crippen LogP contribution >= 0.6 is 0 Å². The molecule has 2 rings (SSSR count). The SMILES string of the molecule is CCS(=O)(=O)N(Cc1ccccc1F)C1CC1. The Bertz CT molecular complexity index is 497. The molecule has 94 valence electrons. The van der Waals surface area contributed by atoms with Crippen LogP contribution in [0.15, 0.2) is 24.3 Å². The van der Waals surface area contributed by atoms with Gasteiger partial charge in [0.1, 0.15) is 5.82 Å². The van der Waals surface area contributed by atoms with Gasteiger partial charge < -0.3 is 0 Å². The summed E-state index contributed by atoms with van der Waals surface area (Å²) >= 11 is 0. The van der Waals surface area contributed by atoms with Crippen molar-refractivity contribution >= 4 is 10.0 Å². The van der Waals surface area contributed by atoms with Crippen molar-refractivity contribution in [2.75, 3.05) is 5.75 Å².